The maximum atomic E-state index is 13.8. The molecule has 1 saturated heterocycles. The van der Waals surface area contributed by atoms with Crippen LogP contribution in [-0.4, -0.2) is 52.6 Å². The van der Waals surface area contributed by atoms with Gasteiger partial charge in [-0.1, -0.05) is 6.07 Å². The summed E-state index contributed by atoms with van der Waals surface area (Å²) in [6, 6.07) is 3.20. The number of piperidine rings is 1. The van der Waals surface area contributed by atoms with Crippen molar-refractivity contribution in [1.29, 1.82) is 0 Å². The highest BCUT2D eigenvalue weighted by Crippen LogP contribution is 2.30. The molecule has 0 radical (unpaired) electrons. The minimum Gasteiger partial charge on any atom is -0.348 e. The van der Waals surface area contributed by atoms with Crippen LogP contribution >= 0.6 is 0 Å². The molecule has 0 unspecified atom stereocenters. The molecule has 0 bridgehead atoms. The Morgan fingerprint density at radius 3 is 2.45 bits per heavy atom. The number of hydrogen-bond acceptors (Lipinski definition) is 4. The van der Waals surface area contributed by atoms with Crippen LogP contribution in [0.1, 0.15) is 46.5 Å². The standard InChI is InChI=1S/C20H23F2N5O2/c21-14-2-1-3-15(22)17(14)19(28)25-16-10-23-26-18(16)20(29)24-13-6-8-27(9-7-13)11-12-4-5-12/h1-3,10,12-13H,4-9,11H2,(H,23,26)(H,24,29)(H,25,28). The molecule has 4 rings (SSSR count). The summed E-state index contributed by atoms with van der Waals surface area (Å²) in [6.07, 6.45) is 5.59. The summed E-state index contributed by atoms with van der Waals surface area (Å²) >= 11 is 0. The van der Waals surface area contributed by atoms with Crippen LogP contribution in [0.2, 0.25) is 0 Å². The molecular formula is C20H23F2N5O2. The number of H-pyrrole nitrogens is 1. The van der Waals surface area contributed by atoms with E-state index >= 15 is 0 Å². The lowest BCUT2D eigenvalue weighted by Crippen LogP contribution is -2.45. The summed E-state index contributed by atoms with van der Waals surface area (Å²) in [7, 11) is 0. The van der Waals surface area contributed by atoms with Gasteiger partial charge < -0.3 is 15.5 Å². The number of carbonyl (C=O) groups is 2. The molecule has 9 heteroatoms. The molecule has 1 aromatic carbocycles. The van der Waals surface area contributed by atoms with Crippen molar-refractivity contribution in [2.75, 3.05) is 25.0 Å². The van der Waals surface area contributed by atoms with E-state index in [1.807, 2.05) is 0 Å². The van der Waals surface area contributed by atoms with E-state index < -0.39 is 29.0 Å². The van der Waals surface area contributed by atoms with E-state index in [4.69, 9.17) is 0 Å². The minimum atomic E-state index is -0.982. The Morgan fingerprint density at radius 2 is 1.79 bits per heavy atom. The van der Waals surface area contributed by atoms with Gasteiger partial charge in [-0.2, -0.15) is 5.10 Å². The molecule has 1 aliphatic carbocycles. The van der Waals surface area contributed by atoms with Gasteiger partial charge in [-0.15, -0.1) is 0 Å². The molecule has 0 atom stereocenters. The van der Waals surface area contributed by atoms with Gasteiger partial charge in [-0.05, 0) is 43.7 Å². The second-order valence-electron chi connectivity index (χ2n) is 7.70. The number of rotatable bonds is 6. The number of hydrogen-bond donors (Lipinski definition) is 3. The van der Waals surface area contributed by atoms with Crippen LogP contribution in [0, 0.1) is 17.6 Å². The van der Waals surface area contributed by atoms with Gasteiger partial charge in [0.05, 0.1) is 11.9 Å². The van der Waals surface area contributed by atoms with E-state index in [1.54, 1.807) is 0 Å². The molecule has 29 heavy (non-hydrogen) atoms. The topological polar surface area (TPSA) is 90.1 Å². The van der Waals surface area contributed by atoms with Crippen LogP contribution in [0.25, 0.3) is 0 Å². The predicted molar refractivity (Wildman–Crippen MR) is 103 cm³/mol. The number of halogens is 2. The quantitative estimate of drug-likeness (QED) is 0.692. The van der Waals surface area contributed by atoms with Crippen LogP contribution in [0.15, 0.2) is 24.4 Å². The molecule has 2 heterocycles. The van der Waals surface area contributed by atoms with Crippen LogP contribution < -0.4 is 10.6 Å². The molecular weight excluding hydrogens is 380 g/mol. The lowest BCUT2D eigenvalue weighted by Gasteiger charge is -2.32. The first-order valence-electron chi connectivity index (χ1n) is 9.83. The Kier molecular flexibility index (Phi) is 5.57. The third kappa shape index (κ3) is 4.61. The predicted octanol–water partition coefficient (Wildman–Crippen LogP) is 2.54. The van der Waals surface area contributed by atoms with E-state index in [-0.39, 0.29) is 17.4 Å². The average molecular weight is 403 g/mol. The molecule has 7 nitrogen and oxygen atoms in total. The van der Waals surface area contributed by atoms with Crippen molar-refractivity contribution >= 4 is 17.5 Å². The van der Waals surface area contributed by atoms with Gasteiger partial charge in [0.1, 0.15) is 22.9 Å². The Balaban J connectivity index is 1.36. The number of aromatic nitrogens is 2. The highest BCUT2D eigenvalue weighted by Gasteiger charge is 2.28. The summed E-state index contributed by atoms with van der Waals surface area (Å²) in [5.41, 5.74) is -0.583. The maximum Gasteiger partial charge on any atom is 0.271 e. The highest BCUT2D eigenvalue weighted by atomic mass is 19.1. The van der Waals surface area contributed by atoms with Crippen molar-refractivity contribution in [3.8, 4) is 0 Å². The van der Waals surface area contributed by atoms with Gasteiger partial charge >= 0.3 is 0 Å². The van der Waals surface area contributed by atoms with Crippen molar-refractivity contribution in [1.82, 2.24) is 20.4 Å². The van der Waals surface area contributed by atoms with E-state index in [0.29, 0.717) is 0 Å². The monoisotopic (exact) mass is 403 g/mol. The van der Waals surface area contributed by atoms with Gasteiger partial charge in [0.15, 0.2) is 0 Å². The number of amides is 2. The van der Waals surface area contributed by atoms with Gasteiger partial charge in [-0.3, -0.25) is 14.7 Å². The fraction of sp³-hybridized carbons (Fsp3) is 0.450. The van der Waals surface area contributed by atoms with Gasteiger partial charge in [0.2, 0.25) is 0 Å². The summed E-state index contributed by atoms with van der Waals surface area (Å²) in [5, 5.41) is 11.6. The third-order valence-electron chi connectivity index (χ3n) is 5.44. The van der Waals surface area contributed by atoms with Crippen molar-refractivity contribution in [2.45, 2.75) is 31.7 Å². The zero-order valence-electron chi connectivity index (χ0n) is 15.9. The number of carbonyl (C=O) groups excluding carboxylic acids is 2. The van der Waals surface area contributed by atoms with E-state index in [9.17, 15) is 18.4 Å². The molecule has 3 N–H and O–H groups in total. The fourth-order valence-electron chi connectivity index (χ4n) is 3.64. The van der Waals surface area contributed by atoms with Crippen LogP contribution in [-0.2, 0) is 0 Å². The molecule has 2 aliphatic rings. The molecule has 1 aromatic heterocycles. The molecule has 2 amide bonds. The van der Waals surface area contributed by atoms with E-state index in [0.717, 1.165) is 50.5 Å². The van der Waals surface area contributed by atoms with Crippen LogP contribution in [0.3, 0.4) is 0 Å². The summed E-state index contributed by atoms with van der Waals surface area (Å²) < 4.78 is 27.6. The summed E-state index contributed by atoms with van der Waals surface area (Å²) in [6.45, 7) is 3.03. The number of aromatic amines is 1. The van der Waals surface area contributed by atoms with E-state index in [2.05, 4.69) is 25.7 Å². The zero-order chi connectivity index (χ0) is 20.4. The van der Waals surface area contributed by atoms with Crippen molar-refractivity contribution in [3.63, 3.8) is 0 Å². The van der Waals surface area contributed by atoms with Crippen molar-refractivity contribution in [2.24, 2.45) is 5.92 Å². The number of nitrogens with one attached hydrogen (secondary N) is 3. The second-order valence-corrected chi connectivity index (χ2v) is 7.70. The molecule has 154 valence electrons. The number of nitrogens with zero attached hydrogens (tertiary/aromatic N) is 2. The van der Waals surface area contributed by atoms with Crippen LogP contribution in [0.4, 0.5) is 14.5 Å². The largest absolute Gasteiger partial charge is 0.348 e. The first kappa shape index (κ1) is 19.5. The van der Waals surface area contributed by atoms with Crippen molar-refractivity contribution in [3.05, 3.63) is 47.3 Å². The van der Waals surface area contributed by atoms with E-state index in [1.165, 1.54) is 25.1 Å². The second kappa shape index (κ2) is 8.28. The Hall–Kier alpha value is -2.81. The lowest BCUT2D eigenvalue weighted by atomic mass is 10.0. The zero-order valence-corrected chi connectivity index (χ0v) is 15.9. The fourth-order valence-corrected chi connectivity index (χ4v) is 3.64. The Labute approximate surface area is 166 Å². The van der Waals surface area contributed by atoms with Gasteiger partial charge in [0, 0.05) is 25.7 Å². The Bertz CT molecular complexity index is 884. The average Bonchev–Trinajstić information content (AvgIpc) is 3.38. The Morgan fingerprint density at radius 1 is 1.10 bits per heavy atom. The molecule has 1 aliphatic heterocycles. The number of likely N-dealkylation sites (tertiary alicyclic amines) is 1. The molecule has 0 spiro atoms. The first-order valence-corrected chi connectivity index (χ1v) is 9.83. The number of anilines is 1. The summed E-state index contributed by atoms with van der Waals surface area (Å²) in [4.78, 5) is 27.3. The highest BCUT2D eigenvalue weighted by molar-refractivity contribution is 6.08. The molecule has 1 saturated carbocycles. The SMILES string of the molecule is O=C(NC1CCN(CC2CC2)CC1)c1[nH]ncc1NC(=O)c1c(F)cccc1F. The van der Waals surface area contributed by atoms with Gasteiger partial charge in [-0.25, -0.2) is 8.78 Å². The number of benzene rings is 1. The first-order chi connectivity index (χ1) is 14.0. The minimum absolute atomic E-state index is 0.0359. The normalized spacial score (nSPS) is 17.9. The van der Waals surface area contributed by atoms with Crippen LogP contribution in [0.5, 0.6) is 0 Å². The third-order valence-corrected chi connectivity index (χ3v) is 5.44. The molecule has 2 fully saturated rings. The smallest absolute Gasteiger partial charge is 0.271 e. The van der Waals surface area contributed by atoms with Crippen molar-refractivity contribution < 1.29 is 18.4 Å². The lowest BCUT2D eigenvalue weighted by molar-refractivity contribution is 0.0905. The maximum absolute atomic E-state index is 13.8. The molecule has 2 aromatic rings. The summed E-state index contributed by atoms with van der Waals surface area (Å²) in [5.74, 6) is -2.50. The van der Waals surface area contributed by atoms with Gasteiger partial charge in [0.25, 0.3) is 11.8 Å².